The molecule has 0 atom stereocenters. The van der Waals surface area contributed by atoms with E-state index in [0.717, 1.165) is 16.3 Å². The van der Waals surface area contributed by atoms with Crippen LogP contribution >= 0.6 is 11.6 Å². The van der Waals surface area contributed by atoms with E-state index in [2.05, 4.69) is 16.2 Å². The minimum Gasteiger partial charge on any atom is -0.260 e. The van der Waals surface area contributed by atoms with Gasteiger partial charge in [0.1, 0.15) is 6.20 Å². The summed E-state index contributed by atoms with van der Waals surface area (Å²) in [6, 6.07) is 7.46. The Hall–Kier alpha value is -1.41. The van der Waals surface area contributed by atoms with E-state index in [-0.39, 0.29) is 0 Å². The van der Waals surface area contributed by atoms with E-state index in [1.54, 1.807) is 6.20 Å². The van der Waals surface area contributed by atoms with Crippen LogP contribution in [0.2, 0.25) is 5.02 Å². The van der Waals surface area contributed by atoms with E-state index < -0.39 is 0 Å². The second kappa shape index (κ2) is 3.54. The van der Waals surface area contributed by atoms with Crippen molar-refractivity contribution >= 4 is 11.6 Å². The standard InChI is InChI=1S/C10H6ClN2/c11-9-3-1-8(2-4-9)10-7-12-5-6-13-10/h1-5,7H. The largest absolute Gasteiger partial charge is 0.260 e. The molecule has 2 rings (SSSR count). The summed E-state index contributed by atoms with van der Waals surface area (Å²) in [6.07, 6.45) is 5.90. The van der Waals surface area contributed by atoms with Crippen molar-refractivity contribution in [3.63, 3.8) is 0 Å². The molecule has 0 aliphatic heterocycles. The molecule has 0 aliphatic rings. The van der Waals surface area contributed by atoms with Gasteiger partial charge in [-0.3, -0.25) is 4.98 Å². The molecule has 0 saturated carbocycles. The van der Waals surface area contributed by atoms with Crippen molar-refractivity contribution in [2.45, 2.75) is 0 Å². The molecule has 1 radical (unpaired) electrons. The maximum absolute atomic E-state index is 5.76. The number of hydrogen-bond donors (Lipinski definition) is 0. The predicted octanol–water partition coefficient (Wildman–Crippen LogP) is 2.60. The number of nitrogens with zero attached hydrogens (tertiary/aromatic N) is 2. The molecule has 0 amide bonds. The Morgan fingerprint density at radius 3 is 2.54 bits per heavy atom. The molecular weight excluding hydrogens is 184 g/mol. The van der Waals surface area contributed by atoms with Gasteiger partial charge < -0.3 is 0 Å². The van der Waals surface area contributed by atoms with E-state index in [1.807, 2.05) is 24.3 Å². The number of hydrogen-bond acceptors (Lipinski definition) is 2. The van der Waals surface area contributed by atoms with E-state index in [1.165, 1.54) is 6.20 Å². The van der Waals surface area contributed by atoms with Crippen LogP contribution in [0.5, 0.6) is 0 Å². The first-order valence-electron chi connectivity index (χ1n) is 3.80. The van der Waals surface area contributed by atoms with Crippen molar-refractivity contribution in [2.24, 2.45) is 0 Å². The smallest absolute Gasteiger partial charge is 0.109 e. The predicted molar refractivity (Wildman–Crippen MR) is 51.3 cm³/mol. The van der Waals surface area contributed by atoms with Gasteiger partial charge in [0.25, 0.3) is 0 Å². The van der Waals surface area contributed by atoms with Gasteiger partial charge in [-0.15, -0.1) is 0 Å². The summed E-state index contributed by atoms with van der Waals surface area (Å²) < 4.78 is 0. The number of halogens is 1. The zero-order valence-corrected chi connectivity index (χ0v) is 7.49. The van der Waals surface area contributed by atoms with E-state index in [4.69, 9.17) is 11.6 Å². The van der Waals surface area contributed by atoms with Crippen molar-refractivity contribution in [2.75, 3.05) is 0 Å². The van der Waals surface area contributed by atoms with Crippen LogP contribution in [-0.4, -0.2) is 9.97 Å². The maximum atomic E-state index is 5.76. The molecular formula is C10H6ClN2. The molecule has 0 saturated heterocycles. The summed E-state index contributed by atoms with van der Waals surface area (Å²) >= 11 is 5.76. The fourth-order valence-corrected chi connectivity index (χ4v) is 1.15. The van der Waals surface area contributed by atoms with Gasteiger partial charge in [0.15, 0.2) is 0 Å². The lowest BCUT2D eigenvalue weighted by Gasteiger charge is -1.98. The van der Waals surface area contributed by atoms with Crippen molar-refractivity contribution in [3.05, 3.63) is 47.9 Å². The minimum atomic E-state index is 0.719. The Balaban J connectivity index is 2.42. The van der Waals surface area contributed by atoms with Crippen LogP contribution in [0, 0.1) is 6.20 Å². The third-order valence-electron chi connectivity index (χ3n) is 1.65. The van der Waals surface area contributed by atoms with E-state index in [0.29, 0.717) is 0 Å². The van der Waals surface area contributed by atoms with Crippen LogP contribution < -0.4 is 0 Å². The number of rotatable bonds is 1. The Morgan fingerprint density at radius 2 is 1.92 bits per heavy atom. The summed E-state index contributed by atoms with van der Waals surface area (Å²) in [5, 5.41) is 0.719. The van der Waals surface area contributed by atoms with Crippen molar-refractivity contribution < 1.29 is 0 Å². The van der Waals surface area contributed by atoms with Crippen molar-refractivity contribution in [3.8, 4) is 11.3 Å². The maximum Gasteiger partial charge on any atom is 0.109 e. The van der Waals surface area contributed by atoms with E-state index >= 15 is 0 Å². The Morgan fingerprint density at radius 1 is 1.15 bits per heavy atom. The zero-order chi connectivity index (χ0) is 9.10. The van der Waals surface area contributed by atoms with Crippen molar-refractivity contribution in [1.29, 1.82) is 0 Å². The third kappa shape index (κ3) is 1.84. The van der Waals surface area contributed by atoms with Crippen molar-refractivity contribution in [1.82, 2.24) is 9.97 Å². The van der Waals surface area contributed by atoms with Gasteiger partial charge in [0.05, 0.1) is 18.1 Å². The first kappa shape index (κ1) is 8.20. The van der Waals surface area contributed by atoms with Gasteiger partial charge in [-0.2, -0.15) is 0 Å². The highest BCUT2D eigenvalue weighted by molar-refractivity contribution is 6.30. The monoisotopic (exact) mass is 189 g/mol. The van der Waals surface area contributed by atoms with Crippen LogP contribution in [-0.2, 0) is 0 Å². The zero-order valence-electron chi connectivity index (χ0n) is 6.74. The summed E-state index contributed by atoms with van der Waals surface area (Å²) in [4.78, 5) is 7.98. The molecule has 13 heavy (non-hydrogen) atoms. The second-order valence-corrected chi connectivity index (χ2v) is 2.98. The average Bonchev–Trinajstić information content (AvgIpc) is 2.20. The van der Waals surface area contributed by atoms with Gasteiger partial charge in [0, 0.05) is 10.6 Å². The molecule has 0 bridgehead atoms. The first-order chi connectivity index (χ1) is 6.36. The molecule has 0 aliphatic carbocycles. The number of benzene rings is 1. The van der Waals surface area contributed by atoms with Crippen LogP contribution in [0.4, 0.5) is 0 Å². The molecule has 2 nitrogen and oxygen atoms in total. The highest BCUT2D eigenvalue weighted by Gasteiger charge is 1.97. The lowest BCUT2D eigenvalue weighted by molar-refractivity contribution is 1.19. The molecule has 0 unspecified atom stereocenters. The SMILES string of the molecule is Clc1ccc(-c2cnc[c]n2)cc1. The molecule has 1 aromatic heterocycles. The molecule has 3 heteroatoms. The molecule has 2 aromatic rings. The second-order valence-electron chi connectivity index (χ2n) is 2.54. The van der Waals surface area contributed by atoms with Gasteiger partial charge in [-0.25, -0.2) is 4.98 Å². The lowest BCUT2D eigenvalue weighted by Crippen LogP contribution is -1.83. The molecule has 1 heterocycles. The summed E-state index contributed by atoms with van der Waals surface area (Å²) in [6.45, 7) is 0. The summed E-state index contributed by atoms with van der Waals surface area (Å²) in [5.74, 6) is 0. The molecule has 0 fully saturated rings. The topological polar surface area (TPSA) is 25.8 Å². The highest BCUT2D eigenvalue weighted by Crippen LogP contribution is 2.17. The normalized spacial score (nSPS) is 9.92. The Kier molecular flexibility index (Phi) is 2.23. The third-order valence-corrected chi connectivity index (χ3v) is 1.91. The van der Waals surface area contributed by atoms with Gasteiger partial charge in [-0.1, -0.05) is 23.7 Å². The van der Waals surface area contributed by atoms with E-state index in [9.17, 15) is 0 Å². The van der Waals surface area contributed by atoms with Crippen LogP contribution in [0.25, 0.3) is 11.3 Å². The summed E-state index contributed by atoms with van der Waals surface area (Å²) in [5.41, 5.74) is 1.80. The molecule has 0 N–H and O–H groups in total. The molecule has 1 aromatic carbocycles. The lowest BCUT2D eigenvalue weighted by atomic mass is 10.2. The van der Waals surface area contributed by atoms with Gasteiger partial charge in [-0.05, 0) is 12.1 Å². The minimum absolute atomic E-state index is 0.719. The van der Waals surface area contributed by atoms with Crippen LogP contribution in [0.1, 0.15) is 0 Å². The molecule has 0 spiro atoms. The Bertz CT molecular complexity index is 383. The fourth-order valence-electron chi connectivity index (χ4n) is 1.03. The fraction of sp³-hybridized carbons (Fsp3) is 0. The number of aromatic nitrogens is 2. The quantitative estimate of drug-likeness (QED) is 0.689. The molecule has 63 valence electrons. The average molecular weight is 190 g/mol. The van der Waals surface area contributed by atoms with Crippen LogP contribution in [0.3, 0.4) is 0 Å². The van der Waals surface area contributed by atoms with Gasteiger partial charge in [0.2, 0.25) is 0 Å². The Labute approximate surface area is 81.2 Å². The first-order valence-corrected chi connectivity index (χ1v) is 4.18. The summed E-state index contributed by atoms with van der Waals surface area (Å²) in [7, 11) is 0. The van der Waals surface area contributed by atoms with Gasteiger partial charge >= 0.3 is 0 Å². The van der Waals surface area contributed by atoms with Crippen LogP contribution in [0.15, 0.2) is 36.7 Å². The highest BCUT2D eigenvalue weighted by atomic mass is 35.5.